The van der Waals surface area contributed by atoms with Crippen molar-refractivity contribution in [2.45, 2.75) is 12.8 Å². The Labute approximate surface area is 147 Å². The van der Waals surface area contributed by atoms with Crippen LogP contribution in [-0.4, -0.2) is 42.2 Å². The molecule has 2 aromatic heterocycles. The number of ketones is 2. The number of imidazole rings is 1. The Morgan fingerprint density at radius 2 is 1.84 bits per heavy atom. The van der Waals surface area contributed by atoms with E-state index < -0.39 is 11.6 Å². The summed E-state index contributed by atoms with van der Waals surface area (Å²) < 4.78 is 12.9. The molecule has 0 bridgehead atoms. The summed E-state index contributed by atoms with van der Waals surface area (Å²) in [4.78, 5) is 34.5. The largest absolute Gasteiger partial charge is 0.412 e. The summed E-state index contributed by atoms with van der Waals surface area (Å²) in [5.74, 6) is -1.09. The molecule has 0 amide bonds. The van der Waals surface area contributed by atoms with Crippen molar-refractivity contribution in [1.82, 2.24) is 25.1 Å². The van der Waals surface area contributed by atoms with Crippen LogP contribution < -0.4 is 0 Å². The summed E-state index contributed by atoms with van der Waals surface area (Å²) in [7, 11) is 0. The number of hydrogen-bond donors (Lipinski definition) is 2. The maximum atomic E-state index is 12.9. The van der Waals surface area contributed by atoms with Gasteiger partial charge >= 0.3 is 0 Å². The first-order chi connectivity index (χ1) is 11.1. The molecule has 0 fully saturated rings. The Hall–Kier alpha value is -2.91. The van der Waals surface area contributed by atoms with E-state index >= 15 is 0 Å². The second-order valence-corrected chi connectivity index (χ2v) is 4.92. The molecular formula is C15H15ClFN5O3. The number of carbonyl (C=O) groups excluding carboxylic acids is 2. The van der Waals surface area contributed by atoms with Gasteiger partial charge in [0.1, 0.15) is 18.0 Å². The lowest BCUT2D eigenvalue weighted by Gasteiger charge is -1.98. The first kappa shape index (κ1) is 20.1. The lowest BCUT2D eigenvalue weighted by Crippen LogP contribution is -2.18. The minimum Gasteiger partial charge on any atom is -0.412 e. The molecule has 0 atom stereocenters. The van der Waals surface area contributed by atoms with E-state index in [1.165, 1.54) is 18.3 Å². The standard InChI is InChI=1S/C15H12FN5O2.ClH.H2O/c16-10-3-1-9(2-4-10)5-13-17-7-11(20-13)6-12(22)14(23)15-18-8-19-21-15;;/h1-4,7-8H,5-6H2,(H,17,20)(H,18,19,21);1H;1H2. The van der Waals surface area contributed by atoms with Gasteiger partial charge in [0, 0.05) is 18.3 Å². The van der Waals surface area contributed by atoms with Crippen LogP contribution in [0.5, 0.6) is 0 Å². The van der Waals surface area contributed by atoms with Crippen LogP contribution in [0.3, 0.4) is 0 Å². The fraction of sp³-hybridized carbons (Fsp3) is 0.133. The summed E-state index contributed by atoms with van der Waals surface area (Å²) >= 11 is 0. The van der Waals surface area contributed by atoms with Gasteiger partial charge in [-0.25, -0.2) is 14.4 Å². The van der Waals surface area contributed by atoms with E-state index in [0.29, 0.717) is 17.9 Å². The van der Waals surface area contributed by atoms with Crippen LogP contribution in [-0.2, 0) is 17.6 Å². The van der Waals surface area contributed by atoms with Crippen LogP contribution in [0.1, 0.15) is 27.7 Å². The molecule has 0 radical (unpaired) electrons. The van der Waals surface area contributed by atoms with E-state index in [0.717, 1.165) is 11.9 Å². The average Bonchev–Trinajstić information content (AvgIpc) is 3.21. The highest BCUT2D eigenvalue weighted by Crippen LogP contribution is 2.09. The molecular weight excluding hydrogens is 353 g/mol. The van der Waals surface area contributed by atoms with Gasteiger partial charge < -0.3 is 10.5 Å². The van der Waals surface area contributed by atoms with Crippen molar-refractivity contribution in [3.8, 4) is 0 Å². The molecule has 0 unspecified atom stereocenters. The maximum absolute atomic E-state index is 12.9. The number of halogens is 2. The molecule has 4 N–H and O–H groups in total. The van der Waals surface area contributed by atoms with Crippen molar-refractivity contribution >= 4 is 24.0 Å². The first-order valence-corrected chi connectivity index (χ1v) is 6.82. The Bertz CT molecular complexity index is 833. The summed E-state index contributed by atoms with van der Waals surface area (Å²) in [5, 5.41) is 5.89. The number of nitrogens with zero attached hydrogens (tertiary/aromatic N) is 3. The highest BCUT2D eigenvalue weighted by molar-refractivity contribution is 6.43. The molecule has 0 aliphatic carbocycles. The van der Waals surface area contributed by atoms with Gasteiger partial charge in [-0.2, -0.15) is 5.10 Å². The van der Waals surface area contributed by atoms with Gasteiger partial charge in [0.15, 0.2) is 5.82 Å². The lowest BCUT2D eigenvalue weighted by atomic mass is 10.1. The summed E-state index contributed by atoms with van der Waals surface area (Å²) in [6.45, 7) is 0. The van der Waals surface area contributed by atoms with Crippen molar-refractivity contribution in [1.29, 1.82) is 0 Å². The zero-order chi connectivity index (χ0) is 16.2. The first-order valence-electron chi connectivity index (χ1n) is 6.82. The molecule has 3 aromatic rings. The predicted molar refractivity (Wildman–Crippen MR) is 88.1 cm³/mol. The van der Waals surface area contributed by atoms with Crippen molar-refractivity contribution in [2.24, 2.45) is 0 Å². The highest BCUT2D eigenvalue weighted by atomic mass is 35.5. The van der Waals surface area contributed by atoms with Crippen LogP contribution >= 0.6 is 12.4 Å². The predicted octanol–water partition coefficient (Wildman–Crippen LogP) is 0.849. The Morgan fingerprint density at radius 1 is 1.12 bits per heavy atom. The van der Waals surface area contributed by atoms with Crippen molar-refractivity contribution in [2.75, 3.05) is 0 Å². The number of rotatable bonds is 6. The number of nitrogens with one attached hydrogen (secondary N) is 2. The van der Waals surface area contributed by atoms with E-state index in [9.17, 15) is 14.0 Å². The van der Waals surface area contributed by atoms with Crippen molar-refractivity contribution in [3.63, 3.8) is 0 Å². The minimum atomic E-state index is -0.725. The van der Waals surface area contributed by atoms with Crippen LogP contribution in [0.4, 0.5) is 4.39 Å². The van der Waals surface area contributed by atoms with E-state index in [1.54, 1.807) is 12.1 Å². The molecule has 3 rings (SSSR count). The number of hydrogen-bond acceptors (Lipinski definition) is 5. The Morgan fingerprint density at radius 3 is 2.48 bits per heavy atom. The van der Waals surface area contributed by atoms with Gasteiger partial charge in [0.2, 0.25) is 5.78 Å². The maximum Gasteiger partial charge on any atom is 0.265 e. The molecule has 0 spiro atoms. The minimum absolute atomic E-state index is 0. The molecule has 25 heavy (non-hydrogen) atoms. The van der Waals surface area contributed by atoms with Crippen LogP contribution in [0.15, 0.2) is 36.8 Å². The SMILES string of the molecule is Cl.O.O=C(Cc1cnc(Cc2ccc(F)cc2)[nH]1)C(=O)c1ncn[nH]1. The van der Waals surface area contributed by atoms with E-state index in [-0.39, 0.29) is 35.9 Å². The normalized spacial score (nSPS) is 9.80. The number of Topliss-reactive ketones (excluding diaryl/α,β-unsaturated/α-hetero) is 2. The number of H-pyrrole nitrogens is 2. The average molecular weight is 368 g/mol. The number of aromatic nitrogens is 5. The summed E-state index contributed by atoms with van der Waals surface area (Å²) in [6.07, 6.45) is 3.04. The molecule has 0 aliphatic rings. The van der Waals surface area contributed by atoms with Gasteiger partial charge in [-0.15, -0.1) is 12.4 Å². The number of carbonyl (C=O) groups is 2. The molecule has 1 aromatic carbocycles. The molecule has 10 heteroatoms. The summed E-state index contributed by atoms with van der Waals surface area (Å²) in [6, 6.07) is 6.07. The summed E-state index contributed by atoms with van der Waals surface area (Å²) in [5.41, 5.74) is 1.41. The van der Waals surface area contributed by atoms with Crippen molar-refractivity contribution < 1.29 is 19.5 Å². The van der Waals surface area contributed by atoms with Crippen LogP contribution in [0, 0.1) is 5.82 Å². The van der Waals surface area contributed by atoms with E-state index in [2.05, 4.69) is 25.1 Å². The van der Waals surface area contributed by atoms with Crippen LogP contribution in [0.2, 0.25) is 0 Å². The molecule has 0 saturated carbocycles. The van der Waals surface area contributed by atoms with Gasteiger partial charge in [-0.1, -0.05) is 12.1 Å². The highest BCUT2D eigenvalue weighted by Gasteiger charge is 2.20. The van der Waals surface area contributed by atoms with E-state index in [4.69, 9.17) is 0 Å². The lowest BCUT2D eigenvalue weighted by molar-refractivity contribution is -0.114. The smallest absolute Gasteiger partial charge is 0.265 e. The van der Waals surface area contributed by atoms with Crippen LogP contribution in [0.25, 0.3) is 0 Å². The Kier molecular flexibility index (Phi) is 7.09. The topological polar surface area (TPSA) is 136 Å². The van der Waals surface area contributed by atoms with Gasteiger partial charge in [-0.3, -0.25) is 14.7 Å². The second kappa shape index (κ2) is 8.81. The molecule has 132 valence electrons. The number of benzene rings is 1. The third kappa shape index (κ3) is 5.03. The Balaban J connectivity index is 0.00000156. The molecule has 8 nitrogen and oxygen atoms in total. The van der Waals surface area contributed by atoms with E-state index in [1.807, 2.05) is 0 Å². The second-order valence-electron chi connectivity index (χ2n) is 4.92. The molecule has 2 heterocycles. The third-order valence-corrected chi connectivity index (χ3v) is 3.20. The van der Waals surface area contributed by atoms with Gasteiger partial charge in [-0.05, 0) is 17.7 Å². The zero-order valence-corrected chi connectivity index (χ0v) is 13.6. The fourth-order valence-corrected chi connectivity index (χ4v) is 2.08. The zero-order valence-electron chi connectivity index (χ0n) is 12.8. The quantitative estimate of drug-likeness (QED) is 0.491. The third-order valence-electron chi connectivity index (χ3n) is 3.20. The fourth-order valence-electron chi connectivity index (χ4n) is 2.08. The van der Waals surface area contributed by atoms with Crippen molar-refractivity contribution in [3.05, 3.63) is 65.5 Å². The van der Waals surface area contributed by atoms with Gasteiger partial charge in [0.25, 0.3) is 5.78 Å². The van der Waals surface area contributed by atoms with Gasteiger partial charge in [0.05, 0.1) is 6.42 Å². The molecule has 0 saturated heterocycles. The monoisotopic (exact) mass is 367 g/mol. The molecule has 0 aliphatic heterocycles. The number of aromatic amines is 2.